The van der Waals surface area contributed by atoms with E-state index >= 15 is 0 Å². The maximum Gasteiger partial charge on any atom is 0.235 e. The molecule has 4 rings (SSSR count). The zero-order valence-corrected chi connectivity index (χ0v) is 11.9. The van der Waals surface area contributed by atoms with Crippen LogP contribution in [-0.2, 0) is 17.7 Å². The van der Waals surface area contributed by atoms with E-state index in [0.717, 1.165) is 50.9 Å². The van der Waals surface area contributed by atoms with Crippen molar-refractivity contribution in [1.29, 1.82) is 0 Å². The van der Waals surface area contributed by atoms with E-state index in [2.05, 4.69) is 39.7 Å². The number of nitrogens with zero attached hydrogens (tertiary/aromatic N) is 2. The van der Waals surface area contributed by atoms with Crippen LogP contribution in [0.5, 0.6) is 0 Å². The average Bonchev–Trinajstić information content (AvgIpc) is 3.19. The molecule has 5 nitrogen and oxygen atoms in total. The highest BCUT2D eigenvalue weighted by Crippen LogP contribution is 2.29. The zero-order valence-electron chi connectivity index (χ0n) is 11.9. The molecule has 3 heterocycles. The van der Waals surface area contributed by atoms with Crippen molar-refractivity contribution in [3.63, 3.8) is 0 Å². The minimum absolute atomic E-state index is 0.163. The van der Waals surface area contributed by atoms with E-state index < -0.39 is 0 Å². The van der Waals surface area contributed by atoms with Gasteiger partial charge in [-0.05, 0) is 23.5 Å². The van der Waals surface area contributed by atoms with Gasteiger partial charge in [0, 0.05) is 32.7 Å². The zero-order chi connectivity index (χ0) is 14.1. The second kappa shape index (κ2) is 5.58. The lowest BCUT2D eigenvalue weighted by atomic mass is 9.91. The van der Waals surface area contributed by atoms with Crippen molar-refractivity contribution < 1.29 is 9.26 Å². The first-order chi connectivity index (χ1) is 10.4. The molecule has 0 aliphatic carbocycles. The summed E-state index contributed by atoms with van der Waals surface area (Å²) < 4.78 is 10.9. The minimum atomic E-state index is 0.163. The number of nitrogens with one attached hydrogen (secondary N) is 1. The second-order valence-corrected chi connectivity index (χ2v) is 5.86. The lowest BCUT2D eigenvalue weighted by molar-refractivity contribution is 0.185. The van der Waals surface area contributed by atoms with Crippen LogP contribution in [0.1, 0.15) is 35.2 Å². The molecular formula is C16H19N3O2. The number of ether oxygens (including phenoxy) is 1. The predicted octanol–water partition coefficient (Wildman–Crippen LogP) is 1.88. The van der Waals surface area contributed by atoms with Crippen molar-refractivity contribution in [3.05, 3.63) is 47.1 Å². The Morgan fingerprint density at radius 3 is 3.14 bits per heavy atom. The van der Waals surface area contributed by atoms with Gasteiger partial charge in [-0.2, -0.15) is 4.98 Å². The quantitative estimate of drug-likeness (QED) is 0.933. The highest BCUT2D eigenvalue weighted by molar-refractivity contribution is 5.35. The molecule has 1 aromatic heterocycles. The van der Waals surface area contributed by atoms with Gasteiger partial charge >= 0.3 is 0 Å². The molecule has 1 N–H and O–H groups in total. The first-order valence-electron chi connectivity index (χ1n) is 7.59. The highest BCUT2D eigenvalue weighted by atomic mass is 16.5. The summed E-state index contributed by atoms with van der Waals surface area (Å²) in [5.41, 5.74) is 2.62. The summed E-state index contributed by atoms with van der Waals surface area (Å²) in [5, 5.41) is 7.58. The summed E-state index contributed by atoms with van der Waals surface area (Å²) in [6.07, 6.45) is 1.95. The molecule has 1 fully saturated rings. The fourth-order valence-electron chi connectivity index (χ4n) is 3.21. The Balaban J connectivity index is 1.56. The molecule has 2 atom stereocenters. The number of benzene rings is 1. The summed E-state index contributed by atoms with van der Waals surface area (Å²) in [4.78, 5) is 4.62. The molecular weight excluding hydrogens is 266 g/mol. The lowest BCUT2D eigenvalue weighted by Gasteiger charge is -2.23. The third-order valence-electron chi connectivity index (χ3n) is 4.37. The van der Waals surface area contributed by atoms with Gasteiger partial charge in [-0.1, -0.05) is 29.4 Å². The minimum Gasteiger partial charge on any atom is -0.381 e. The first kappa shape index (κ1) is 13.0. The largest absolute Gasteiger partial charge is 0.381 e. The van der Waals surface area contributed by atoms with Gasteiger partial charge in [0.25, 0.3) is 0 Å². The normalized spacial score (nSPS) is 25.0. The van der Waals surface area contributed by atoms with Crippen LogP contribution in [0, 0.1) is 5.92 Å². The van der Waals surface area contributed by atoms with Crippen molar-refractivity contribution in [1.82, 2.24) is 15.5 Å². The van der Waals surface area contributed by atoms with E-state index in [1.54, 1.807) is 0 Å². The summed E-state index contributed by atoms with van der Waals surface area (Å²) in [6, 6.07) is 8.46. The molecule has 0 amide bonds. The number of fused-ring (bicyclic) bond motifs is 1. The average molecular weight is 285 g/mol. The van der Waals surface area contributed by atoms with Crippen molar-refractivity contribution in [2.75, 3.05) is 19.8 Å². The third-order valence-corrected chi connectivity index (χ3v) is 4.37. The Bertz CT molecular complexity index is 619. The first-order valence-corrected chi connectivity index (χ1v) is 7.59. The molecule has 5 heteroatoms. The number of hydrogen-bond donors (Lipinski definition) is 1. The van der Waals surface area contributed by atoms with E-state index in [1.807, 2.05) is 0 Å². The van der Waals surface area contributed by atoms with Crippen LogP contribution in [0.2, 0.25) is 0 Å². The molecule has 0 radical (unpaired) electrons. The molecule has 110 valence electrons. The topological polar surface area (TPSA) is 60.2 Å². The van der Waals surface area contributed by atoms with Crippen molar-refractivity contribution in [2.24, 2.45) is 5.92 Å². The van der Waals surface area contributed by atoms with Gasteiger partial charge in [-0.15, -0.1) is 0 Å². The van der Waals surface area contributed by atoms with Gasteiger partial charge < -0.3 is 14.6 Å². The fourth-order valence-corrected chi connectivity index (χ4v) is 3.21. The maximum absolute atomic E-state index is 5.53. The summed E-state index contributed by atoms with van der Waals surface area (Å²) >= 11 is 0. The number of aromatic nitrogens is 2. The van der Waals surface area contributed by atoms with Crippen molar-refractivity contribution in [2.45, 2.75) is 25.3 Å². The smallest absolute Gasteiger partial charge is 0.235 e. The van der Waals surface area contributed by atoms with Gasteiger partial charge in [0.1, 0.15) is 0 Å². The van der Waals surface area contributed by atoms with Gasteiger partial charge in [-0.3, -0.25) is 0 Å². The van der Waals surface area contributed by atoms with E-state index in [9.17, 15) is 0 Å². The van der Waals surface area contributed by atoms with Crippen LogP contribution in [0.25, 0.3) is 0 Å². The van der Waals surface area contributed by atoms with Crippen LogP contribution in [-0.4, -0.2) is 29.9 Å². The predicted molar refractivity (Wildman–Crippen MR) is 76.9 cm³/mol. The monoisotopic (exact) mass is 285 g/mol. The molecule has 1 aromatic carbocycles. The van der Waals surface area contributed by atoms with Crippen molar-refractivity contribution in [3.8, 4) is 0 Å². The lowest BCUT2D eigenvalue weighted by Crippen LogP contribution is -2.28. The Morgan fingerprint density at radius 1 is 1.29 bits per heavy atom. The van der Waals surface area contributed by atoms with Gasteiger partial charge in [0.05, 0.1) is 5.92 Å². The van der Waals surface area contributed by atoms with Crippen molar-refractivity contribution >= 4 is 0 Å². The summed E-state index contributed by atoms with van der Waals surface area (Å²) in [7, 11) is 0. The fraction of sp³-hybridized carbons (Fsp3) is 0.500. The molecule has 1 saturated heterocycles. The Kier molecular flexibility index (Phi) is 3.45. The van der Waals surface area contributed by atoms with Gasteiger partial charge in [0.2, 0.25) is 5.89 Å². The molecule has 2 unspecified atom stereocenters. The Hall–Kier alpha value is -1.72. The Morgan fingerprint density at radius 2 is 2.24 bits per heavy atom. The standard InChI is InChI=1S/C16H19N3O2/c1-2-4-13-12(3-1)8-17-9-14(13)16-18-15(19-21-16)7-11-5-6-20-10-11/h1-4,11,14,17H,5-10H2. The van der Waals surface area contributed by atoms with Gasteiger partial charge in [-0.25, -0.2) is 0 Å². The molecule has 21 heavy (non-hydrogen) atoms. The molecule has 0 saturated carbocycles. The molecule has 0 spiro atoms. The van der Waals surface area contributed by atoms with E-state index in [0.29, 0.717) is 5.92 Å². The van der Waals surface area contributed by atoms with Crippen LogP contribution < -0.4 is 5.32 Å². The number of rotatable bonds is 3. The molecule has 2 aliphatic rings. The third kappa shape index (κ3) is 2.59. The number of hydrogen-bond acceptors (Lipinski definition) is 5. The van der Waals surface area contributed by atoms with Crippen LogP contribution in [0.3, 0.4) is 0 Å². The Labute approximate surface area is 123 Å². The highest BCUT2D eigenvalue weighted by Gasteiger charge is 2.27. The van der Waals surface area contributed by atoms with Crippen LogP contribution >= 0.6 is 0 Å². The van der Waals surface area contributed by atoms with E-state index in [1.165, 1.54) is 11.1 Å². The van der Waals surface area contributed by atoms with Crippen LogP contribution in [0.4, 0.5) is 0 Å². The molecule has 0 bridgehead atoms. The molecule has 2 aliphatic heterocycles. The summed E-state index contributed by atoms with van der Waals surface area (Å²) in [6.45, 7) is 3.44. The maximum atomic E-state index is 5.53. The van der Waals surface area contributed by atoms with E-state index in [-0.39, 0.29) is 5.92 Å². The SMILES string of the molecule is c1ccc2c(c1)CNCC2c1nc(CC2CCOC2)no1. The second-order valence-electron chi connectivity index (χ2n) is 5.86. The molecule has 2 aromatic rings. The van der Waals surface area contributed by atoms with E-state index in [4.69, 9.17) is 9.26 Å². The van der Waals surface area contributed by atoms with Crippen LogP contribution in [0.15, 0.2) is 28.8 Å². The summed E-state index contributed by atoms with van der Waals surface area (Å²) in [5.74, 6) is 2.23. The van der Waals surface area contributed by atoms with Gasteiger partial charge in [0.15, 0.2) is 5.82 Å².